The molecule has 0 fully saturated rings. The van der Waals surface area contributed by atoms with Crippen molar-refractivity contribution < 1.29 is 14.3 Å². The number of carbonyl (C=O) groups excluding carboxylic acids is 1. The summed E-state index contributed by atoms with van der Waals surface area (Å²) in [7, 11) is 1.63. The van der Waals surface area contributed by atoms with Crippen LogP contribution in [-0.4, -0.2) is 13.0 Å². The normalized spacial score (nSPS) is 11.6. The van der Waals surface area contributed by atoms with Crippen molar-refractivity contribution >= 4 is 17.5 Å². The van der Waals surface area contributed by atoms with Gasteiger partial charge in [-0.1, -0.05) is 48.9 Å². The number of carbonyl (C=O) groups is 1. The zero-order chi connectivity index (χ0) is 20.6. The van der Waals surface area contributed by atoms with E-state index < -0.39 is 0 Å². The maximum absolute atomic E-state index is 12.7. The Morgan fingerprint density at radius 3 is 2.24 bits per heavy atom. The van der Waals surface area contributed by atoms with E-state index in [1.54, 1.807) is 31.4 Å². The van der Waals surface area contributed by atoms with Crippen LogP contribution >= 0.6 is 11.6 Å². The van der Waals surface area contributed by atoms with Gasteiger partial charge in [0.05, 0.1) is 13.2 Å². The highest BCUT2D eigenvalue weighted by Crippen LogP contribution is 2.22. The Balaban J connectivity index is 1.60. The summed E-state index contributed by atoms with van der Waals surface area (Å²) >= 11 is 6.15. The molecule has 4 nitrogen and oxygen atoms in total. The summed E-state index contributed by atoms with van der Waals surface area (Å²) in [4.78, 5) is 12.7. The summed E-state index contributed by atoms with van der Waals surface area (Å²) in [5, 5.41) is 3.76. The number of halogens is 1. The lowest BCUT2D eigenvalue weighted by Gasteiger charge is -2.18. The molecule has 0 saturated carbocycles. The molecule has 0 heterocycles. The Morgan fingerprint density at radius 2 is 1.62 bits per heavy atom. The van der Waals surface area contributed by atoms with E-state index in [1.807, 2.05) is 55.5 Å². The van der Waals surface area contributed by atoms with Crippen LogP contribution in [0.15, 0.2) is 72.8 Å². The Labute approximate surface area is 176 Å². The average molecular weight is 410 g/mol. The maximum atomic E-state index is 12.7. The van der Waals surface area contributed by atoms with Crippen molar-refractivity contribution in [2.75, 3.05) is 7.11 Å². The van der Waals surface area contributed by atoms with Gasteiger partial charge in [0.2, 0.25) is 0 Å². The highest BCUT2D eigenvalue weighted by Gasteiger charge is 2.14. The van der Waals surface area contributed by atoms with Gasteiger partial charge >= 0.3 is 0 Å². The van der Waals surface area contributed by atoms with Crippen LogP contribution in [0.3, 0.4) is 0 Å². The summed E-state index contributed by atoms with van der Waals surface area (Å²) in [6.07, 6.45) is 0.789. The number of methoxy groups -OCH3 is 1. The number of rotatable bonds is 8. The fourth-order valence-electron chi connectivity index (χ4n) is 2.98. The van der Waals surface area contributed by atoms with E-state index in [1.165, 1.54) is 0 Å². The van der Waals surface area contributed by atoms with Gasteiger partial charge in [-0.2, -0.15) is 0 Å². The molecule has 1 N–H and O–H groups in total. The van der Waals surface area contributed by atoms with Gasteiger partial charge < -0.3 is 14.8 Å². The zero-order valence-corrected chi connectivity index (χ0v) is 17.3. The van der Waals surface area contributed by atoms with E-state index in [4.69, 9.17) is 21.1 Å². The molecule has 1 amide bonds. The van der Waals surface area contributed by atoms with Crippen molar-refractivity contribution in [2.24, 2.45) is 0 Å². The summed E-state index contributed by atoms with van der Waals surface area (Å²) in [6, 6.07) is 22.3. The lowest BCUT2D eigenvalue weighted by atomic mass is 10.0. The van der Waals surface area contributed by atoms with Gasteiger partial charge in [-0.3, -0.25) is 4.79 Å². The van der Waals surface area contributed by atoms with Gasteiger partial charge in [-0.15, -0.1) is 0 Å². The lowest BCUT2D eigenvalue weighted by molar-refractivity contribution is 0.0935. The summed E-state index contributed by atoms with van der Waals surface area (Å²) < 4.78 is 11.0. The predicted molar refractivity (Wildman–Crippen MR) is 116 cm³/mol. The molecule has 3 rings (SSSR count). The molecule has 0 aliphatic carbocycles. The molecule has 1 atom stereocenters. The second-order valence-electron chi connectivity index (χ2n) is 6.61. The Hall–Kier alpha value is -2.98. The van der Waals surface area contributed by atoms with Gasteiger partial charge in [-0.25, -0.2) is 0 Å². The molecule has 0 spiro atoms. The van der Waals surface area contributed by atoms with E-state index in [9.17, 15) is 4.79 Å². The van der Waals surface area contributed by atoms with Crippen molar-refractivity contribution in [3.63, 3.8) is 0 Å². The van der Waals surface area contributed by atoms with E-state index >= 15 is 0 Å². The monoisotopic (exact) mass is 409 g/mol. The Morgan fingerprint density at radius 1 is 0.966 bits per heavy atom. The minimum absolute atomic E-state index is 0.0652. The van der Waals surface area contributed by atoms with Crippen molar-refractivity contribution in [2.45, 2.75) is 26.0 Å². The first-order valence-corrected chi connectivity index (χ1v) is 9.89. The molecule has 0 bridgehead atoms. The lowest BCUT2D eigenvalue weighted by Crippen LogP contribution is -2.28. The van der Waals surface area contributed by atoms with Crippen molar-refractivity contribution in [1.29, 1.82) is 0 Å². The zero-order valence-electron chi connectivity index (χ0n) is 16.5. The summed E-state index contributed by atoms with van der Waals surface area (Å²) in [5.74, 6) is 1.36. The minimum atomic E-state index is -0.120. The average Bonchev–Trinajstić information content (AvgIpc) is 2.77. The molecule has 150 valence electrons. The van der Waals surface area contributed by atoms with Gasteiger partial charge in [-0.05, 0) is 54.4 Å². The highest BCUT2D eigenvalue weighted by atomic mass is 35.5. The van der Waals surface area contributed by atoms with Crippen LogP contribution in [0, 0.1) is 0 Å². The predicted octanol–water partition coefficient (Wildman–Crippen LogP) is 5.81. The van der Waals surface area contributed by atoms with Crippen LogP contribution in [0.2, 0.25) is 5.02 Å². The fourth-order valence-corrected chi connectivity index (χ4v) is 3.17. The van der Waals surface area contributed by atoms with Crippen LogP contribution in [0.5, 0.6) is 11.5 Å². The van der Waals surface area contributed by atoms with E-state index in [2.05, 4.69) is 5.32 Å². The second kappa shape index (κ2) is 9.99. The minimum Gasteiger partial charge on any atom is -0.497 e. The van der Waals surface area contributed by atoms with Gasteiger partial charge in [0.1, 0.15) is 18.1 Å². The Bertz CT molecular complexity index is 939. The number of amides is 1. The molecular weight excluding hydrogens is 386 g/mol. The first-order chi connectivity index (χ1) is 14.1. The molecule has 5 heteroatoms. The van der Waals surface area contributed by atoms with E-state index in [0.29, 0.717) is 22.9 Å². The first kappa shape index (κ1) is 20.7. The number of hydrogen-bond donors (Lipinski definition) is 1. The van der Waals surface area contributed by atoms with Crippen LogP contribution in [0.4, 0.5) is 0 Å². The quantitative estimate of drug-likeness (QED) is 0.510. The van der Waals surface area contributed by atoms with Crippen molar-refractivity contribution in [3.8, 4) is 11.5 Å². The second-order valence-corrected chi connectivity index (χ2v) is 7.02. The molecule has 0 saturated heterocycles. The van der Waals surface area contributed by atoms with E-state index in [-0.39, 0.29) is 11.9 Å². The smallest absolute Gasteiger partial charge is 0.251 e. The molecule has 3 aromatic rings. The molecule has 29 heavy (non-hydrogen) atoms. The van der Waals surface area contributed by atoms with Crippen molar-refractivity contribution in [3.05, 3.63) is 94.5 Å². The number of hydrogen-bond acceptors (Lipinski definition) is 3. The largest absolute Gasteiger partial charge is 0.497 e. The Kier molecular flexibility index (Phi) is 7.14. The maximum Gasteiger partial charge on any atom is 0.251 e. The molecule has 0 unspecified atom stereocenters. The number of ether oxygens (including phenoxy) is 2. The third kappa shape index (κ3) is 5.52. The van der Waals surface area contributed by atoms with Gasteiger partial charge in [0, 0.05) is 16.1 Å². The molecule has 0 radical (unpaired) electrons. The molecular formula is C24H24ClNO3. The highest BCUT2D eigenvalue weighted by molar-refractivity contribution is 6.31. The summed E-state index contributed by atoms with van der Waals surface area (Å²) in [5.41, 5.74) is 2.55. The van der Waals surface area contributed by atoms with Crippen LogP contribution in [-0.2, 0) is 6.61 Å². The number of nitrogens with one attached hydrogen (secondary N) is 1. The standard InChI is InChI=1S/C24H24ClNO3/c1-3-23(17-8-12-20(28-2)13-9-17)26-24(27)18-10-14-21(15-11-18)29-16-19-6-4-5-7-22(19)25/h4-15,23H,3,16H2,1-2H3,(H,26,27)/t23-/m0/s1. The summed E-state index contributed by atoms with van der Waals surface area (Å²) in [6.45, 7) is 2.42. The first-order valence-electron chi connectivity index (χ1n) is 9.51. The topological polar surface area (TPSA) is 47.6 Å². The molecule has 0 aromatic heterocycles. The van der Waals surface area contributed by atoms with Crippen LogP contribution < -0.4 is 14.8 Å². The fraction of sp³-hybridized carbons (Fsp3) is 0.208. The van der Waals surface area contributed by atoms with Crippen LogP contribution in [0.1, 0.15) is 40.9 Å². The van der Waals surface area contributed by atoms with Gasteiger partial charge in [0.15, 0.2) is 0 Å². The number of benzene rings is 3. The van der Waals surface area contributed by atoms with Crippen LogP contribution in [0.25, 0.3) is 0 Å². The van der Waals surface area contributed by atoms with Gasteiger partial charge in [0.25, 0.3) is 5.91 Å². The molecule has 0 aliphatic heterocycles. The third-order valence-electron chi connectivity index (χ3n) is 4.70. The SMILES string of the molecule is CC[C@H](NC(=O)c1ccc(OCc2ccccc2Cl)cc1)c1ccc(OC)cc1. The third-order valence-corrected chi connectivity index (χ3v) is 5.07. The molecule has 3 aromatic carbocycles. The molecule has 0 aliphatic rings. The van der Waals surface area contributed by atoms with Crippen molar-refractivity contribution in [1.82, 2.24) is 5.32 Å². The van der Waals surface area contributed by atoms with E-state index in [0.717, 1.165) is 23.3 Å².